The number of rotatable bonds is 2. The fourth-order valence-electron chi connectivity index (χ4n) is 1.88. The summed E-state index contributed by atoms with van der Waals surface area (Å²) >= 11 is 0. The molecule has 1 heterocycles. The summed E-state index contributed by atoms with van der Waals surface area (Å²) in [7, 11) is 1.94. The molecule has 1 fully saturated rings. The van der Waals surface area contributed by atoms with Crippen LogP contribution in [-0.2, 0) is 0 Å². The van der Waals surface area contributed by atoms with E-state index in [0.29, 0.717) is 13.1 Å². The van der Waals surface area contributed by atoms with Gasteiger partial charge in [-0.3, -0.25) is 4.90 Å². The molecule has 96 valence electrons. The lowest BCUT2D eigenvalue weighted by Gasteiger charge is -2.14. The molecular formula is C15H19NO2. The summed E-state index contributed by atoms with van der Waals surface area (Å²) in [4.78, 5) is 2.03. The zero-order valence-corrected chi connectivity index (χ0v) is 10.7. The molecule has 0 bridgehead atoms. The van der Waals surface area contributed by atoms with Crippen molar-refractivity contribution >= 4 is 0 Å². The van der Waals surface area contributed by atoms with Gasteiger partial charge >= 0.3 is 0 Å². The van der Waals surface area contributed by atoms with Crippen molar-refractivity contribution in [2.45, 2.75) is 0 Å². The van der Waals surface area contributed by atoms with Crippen LogP contribution in [0.15, 0.2) is 72.3 Å². The van der Waals surface area contributed by atoms with Crippen LogP contribution >= 0.6 is 0 Å². The first-order valence-electron chi connectivity index (χ1n) is 5.55. The Labute approximate surface area is 108 Å². The van der Waals surface area contributed by atoms with Gasteiger partial charge in [0.25, 0.3) is 0 Å². The maximum absolute atomic E-state index is 9.27. The molecule has 1 saturated heterocycles. The summed E-state index contributed by atoms with van der Waals surface area (Å²) < 4.78 is 0. The zero-order chi connectivity index (χ0) is 13.9. The molecule has 1 aliphatic heterocycles. The number of aliphatic hydroxyl groups is 2. The van der Waals surface area contributed by atoms with Crippen molar-refractivity contribution in [3.8, 4) is 0 Å². The van der Waals surface area contributed by atoms with Crippen LogP contribution in [0, 0.1) is 0 Å². The van der Waals surface area contributed by atoms with E-state index in [1.807, 2.05) is 11.9 Å². The fraction of sp³-hybridized carbons (Fsp3) is 0.200. The third-order valence-electron chi connectivity index (χ3n) is 2.70. The fourth-order valence-corrected chi connectivity index (χ4v) is 1.88. The minimum absolute atomic E-state index is 0.00801. The van der Waals surface area contributed by atoms with Gasteiger partial charge in [-0.15, -0.1) is 0 Å². The summed E-state index contributed by atoms with van der Waals surface area (Å²) in [6.45, 7) is 16.1. The second kappa shape index (κ2) is 5.56. The summed E-state index contributed by atoms with van der Waals surface area (Å²) in [6, 6.07) is 0. The molecule has 3 heteroatoms. The molecule has 0 aliphatic carbocycles. The normalized spacial score (nSPS) is 22.3. The molecule has 0 aromatic heterocycles. The van der Waals surface area contributed by atoms with E-state index in [1.165, 1.54) is 0 Å². The van der Waals surface area contributed by atoms with Crippen LogP contribution in [0.25, 0.3) is 0 Å². The SMILES string of the molecule is C=C(O)/C=C1/CN(C)C/C(=C/C(=C)O)C(=C)C1=C. The highest BCUT2D eigenvalue weighted by atomic mass is 16.3. The Morgan fingerprint density at radius 3 is 1.61 bits per heavy atom. The number of likely N-dealkylation sites (N-methyl/N-ethyl adjacent to an activating group) is 1. The van der Waals surface area contributed by atoms with Crippen LogP contribution in [0.4, 0.5) is 0 Å². The third kappa shape index (κ3) is 3.50. The van der Waals surface area contributed by atoms with E-state index in [4.69, 9.17) is 0 Å². The van der Waals surface area contributed by atoms with E-state index in [0.717, 1.165) is 22.3 Å². The Morgan fingerprint density at radius 1 is 1.00 bits per heavy atom. The molecule has 1 rings (SSSR count). The molecule has 0 radical (unpaired) electrons. The van der Waals surface area contributed by atoms with Gasteiger partial charge in [0.05, 0.1) is 0 Å². The second-order valence-electron chi connectivity index (χ2n) is 4.45. The van der Waals surface area contributed by atoms with E-state index < -0.39 is 0 Å². The van der Waals surface area contributed by atoms with Crippen LogP contribution in [0.2, 0.25) is 0 Å². The number of hydrogen-bond acceptors (Lipinski definition) is 3. The Balaban J connectivity index is 3.18. The minimum atomic E-state index is -0.00801. The van der Waals surface area contributed by atoms with Crippen LogP contribution in [0.1, 0.15) is 0 Å². The molecule has 0 aromatic rings. The Kier molecular flexibility index (Phi) is 4.34. The highest BCUT2D eigenvalue weighted by molar-refractivity contribution is 5.57. The molecule has 0 aromatic carbocycles. The van der Waals surface area contributed by atoms with E-state index >= 15 is 0 Å². The highest BCUT2D eigenvalue weighted by Gasteiger charge is 2.19. The van der Waals surface area contributed by atoms with Crippen LogP contribution in [0.3, 0.4) is 0 Å². The number of nitrogens with zero attached hydrogens (tertiary/aromatic N) is 1. The number of allylic oxidation sites excluding steroid dienone is 2. The van der Waals surface area contributed by atoms with Gasteiger partial charge in [-0.05, 0) is 41.5 Å². The van der Waals surface area contributed by atoms with E-state index in [1.54, 1.807) is 12.2 Å². The lowest BCUT2D eigenvalue weighted by atomic mass is 9.95. The van der Waals surface area contributed by atoms with Gasteiger partial charge in [-0.2, -0.15) is 0 Å². The number of aliphatic hydroxyl groups excluding tert-OH is 2. The van der Waals surface area contributed by atoms with Gasteiger partial charge in [-0.1, -0.05) is 26.3 Å². The van der Waals surface area contributed by atoms with Crippen molar-refractivity contribution in [2.75, 3.05) is 20.1 Å². The molecule has 2 N–H and O–H groups in total. The molecule has 1 aliphatic rings. The van der Waals surface area contributed by atoms with Gasteiger partial charge in [-0.25, -0.2) is 0 Å². The van der Waals surface area contributed by atoms with Crippen molar-refractivity contribution < 1.29 is 10.2 Å². The quantitative estimate of drug-likeness (QED) is 0.735. The molecule has 0 unspecified atom stereocenters. The Morgan fingerprint density at radius 2 is 1.33 bits per heavy atom. The average Bonchev–Trinajstić information content (AvgIpc) is 2.31. The maximum Gasteiger partial charge on any atom is 0.108 e. The van der Waals surface area contributed by atoms with Gasteiger partial charge in [0.15, 0.2) is 0 Å². The van der Waals surface area contributed by atoms with Gasteiger partial charge in [0.1, 0.15) is 11.5 Å². The third-order valence-corrected chi connectivity index (χ3v) is 2.70. The minimum Gasteiger partial charge on any atom is -0.509 e. The predicted octanol–water partition coefficient (Wildman–Crippen LogP) is 3.04. The number of likely N-dealkylation sites (tertiary alicyclic amines) is 1. The Bertz CT molecular complexity index is 437. The predicted molar refractivity (Wildman–Crippen MR) is 75.5 cm³/mol. The first-order valence-corrected chi connectivity index (χ1v) is 5.55. The van der Waals surface area contributed by atoms with Gasteiger partial charge in [0.2, 0.25) is 0 Å². The standard InChI is InChI=1S/C15H19NO2/c1-10(17)6-14-8-16(5)9-15(7-11(2)18)13(4)12(14)3/h6-7,17-18H,1-4,8-9H2,5H3/b14-6-,15-7-. The molecule has 0 saturated carbocycles. The van der Waals surface area contributed by atoms with Gasteiger partial charge < -0.3 is 10.2 Å². The molecule has 0 amide bonds. The summed E-state index contributed by atoms with van der Waals surface area (Å²) in [6.07, 6.45) is 3.17. The lowest BCUT2D eigenvalue weighted by molar-refractivity contribution is 0.397. The van der Waals surface area contributed by atoms with Crippen molar-refractivity contribution in [3.63, 3.8) is 0 Å². The molecule has 18 heavy (non-hydrogen) atoms. The van der Waals surface area contributed by atoms with Gasteiger partial charge in [0, 0.05) is 13.1 Å². The Hall–Kier alpha value is -2.00. The van der Waals surface area contributed by atoms with Crippen LogP contribution in [0.5, 0.6) is 0 Å². The molecule has 0 atom stereocenters. The van der Waals surface area contributed by atoms with Crippen LogP contribution < -0.4 is 0 Å². The van der Waals surface area contributed by atoms with Crippen molar-refractivity contribution in [3.05, 3.63) is 72.3 Å². The smallest absolute Gasteiger partial charge is 0.108 e. The van der Waals surface area contributed by atoms with E-state index in [2.05, 4.69) is 26.3 Å². The summed E-state index contributed by atoms with van der Waals surface area (Å²) in [5, 5.41) is 18.5. The molecule has 0 spiro atoms. The van der Waals surface area contributed by atoms with Crippen molar-refractivity contribution in [1.82, 2.24) is 4.90 Å². The summed E-state index contributed by atoms with van der Waals surface area (Å²) in [5.41, 5.74) is 3.20. The van der Waals surface area contributed by atoms with Crippen molar-refractivity contribution in [1.29, 1.82) is 0 Å². The van der Waals surface area contributed by atoms with Crippen LogP contribution in [-0.4, -0.2) is 35.3 Å². The average molecular weight is 245 g/mol. The largest absolute Gasteiger partial charge is 0.509 e. The van der Waals surface area contributed by atoms with E-state index in [9.17, 15) is 10.2 Å². The molecule has 3 nitrogen and oxygen atoms in total. The van der Waals surface area contributed by atoms with Crippen molar-refractivity contribution in [2.24, 2.45) is 0 Å². The first kappa shape index (κ1) is 14.1. The topological polar surface area (TPSA) is 43.7 Å². The first-order chi connectivity index (χ1) is 8.31. The summed E-state index contributed by atoms with van der Waals surface area (Å²) in [5.74, 6) is -0.0160. The second-order valence-corrected chi connectivity index (χ2v) is 4.45. The number of hydrogen-bond donors (Lipinski definition) is 2. The lowest BCUT2D eigenvalue weighted by Crippen LogP contribution is -2.21. The van der Waals surface area contributed by atoms with E-state index in [-0.39, 0.29) is 11.5 Å². The maximum atomic E-state index is 9.27. The monoisotopic (exact) mass is 245 g/mol. The molecular weight excluding hydrogens is 226 g/mol. The zero-order valence-electron chi connectivity index (χ0n) is 10.7. The highest BCUT2D eigenvalue weighted by Crippen LogP contribution is 2.28.